The first-order chi connectivity index (χ1) is 8.86. The van der Waals surface area contributed by atoms with Gasteiger partial charge in [-0.2, -0.15) is 0 Å². The van der Waals surface area contributed by atoms with Gasteiger partial charge >= 0.3 is 0 Å². The Balaban J connectivity index is 1.83. The Bertz CT molecular complexity index is 417. The Kier molecular flexibility index (Phi) is 3.55. The van der Waals surface area contributed by atoms with Crippen molar-refractivity contribution in [2.24, 2.45) is 0 Å². The van der Waals surface area contributed by atoms with Crippen molar-refractivity contribution >= 4 is 17.7 Å². The lowest BCUT2D eigenvalue weighted by molar-refractivity contribution is -0.131. The maximum Gasteiger partial charge on any atom is 0.234 e. The number of rotatable bonds is 2. The van der Waals surface area contributed by atoms with E-state index in [1.165, 1.54) is 37.7 Å². The van der Waals surface area contributed by atoms with Crippen molar-refractivity contribution in [3.8, 4) is 0 Å². The number of aromatic nitrogens is 1. The number of hydrogen-bond donors (Lipinski definition) is 0. The third-order valence-corrected chi connectivity index (χ3v) is 5.09. The predicted octanol–water partition coefficient (Wildman–Crippen LogP) is 2.99. The van der Waals surface area contributed by atoms with Gasteiger partial charge in [0.15, 0.2) is 0 Å². The minimum atomic E-state index is 0.212. The molecule has 1 saturated heterocycles. The molecule has 3 rings (SSSR count). The Morgan fingerprint density at radius 1 is 1.17 bits per heavy atom. The molecule has 3 nitrogen and oxygen atoms in total. The number of pyridine rings is 1. The van der Waals surface area contributed by atoms with E-state index in [0.29, 0.717) is 17.7 Å². The maximum atomic E-state index is 12.1. The van der Waals surface area contributed by atoms with Crippen LogP contribution in [-0.4, -0.2) is 27.6 Å². The predicted molar refractivity (Wildman–Crippen MR) is 73.2 cm³/mol. The monoisotopic (exact) mass is 262 g/mol. The highest BCUT2D eigenvalue weighted by Crippen LogP contribution is 2.42. The summed E-state index contributed by atoms with van der Waals surface area (Å²) in [6.07, 6.45) is 9.84. The lowest BCUT2D eigenvalue weighted by atomic mass is 9.94. The molecular formula is C14H18N2OS. The SMILES string of the molecule is O=C1CSC(c2ccncc2)N1C1CCCCC1. The van der Waals surface area contributed by atoms with Gasteiger partial charge in [0, 0.05) is 18.4 Å². The van der Waals surface area contributed by atoms with Gasteiger partial charge in [-0.25, -0.2) is 0 Å². The van der Waals surface area contributed by atoms with Crippen LogP contribution in [0.2, 0.25) is 0 Å². The summed E-state index contributed by atoms with van der Waals surface area (Å²) in [6, 6.07) is 4.53. The molecule has 1 amide bonds. The second-order valence-corrected chi connectivity index (χ2v) is 6.11. The Morgan fingerprint density at radius 3 is 2.61 bits per heavy atom. The van der Waals surface area contributed by atoms with E-state index in [-0.39, 0.29) is 5.37 Å². The molecule has 1 aromatic heterocycles. The van der Waals surface area contributed by atoms with Crippen molar-refractivity contribution in [2.45, 2.75) is 43.5 Å². The summed E-state index contributed by atoms with van der Waals surface area (Å²) in [6.45, 7) is 0. The molecule has 0 spiro atoms. The number of hydrogen-bond acceptors (Lipinski definition) is 3. The fourth-order valence-corrected chi connectivity index (χ4v) is 4.22. The van der Waals surface area contributed by atoms with E-state index in [1.54, 1.807) is 11.8 Å². The minimum absolute atomic E-state index is 0.212. The minimum Gasteiger partial charge on any atom is -0.323 e. The summed E-state index contributed by atoms with van der Waals surface area (Å²) in [4.78, 5) is 18.3. The number of amides is 1. The van der Waals surface area contributed by atoms with Gasteiger partial charge < -0.3 is 4.90 Å². The van der Waals surface area contributed by atoms with E-state index in [2.05, 4.69) is 9.88 Å². The standard InChI is InChI=1S/C14H18N2OS/c17-13-10-18-14(11-6-8-15-9-7-11)16(13)12-4-2-1-3-5-12/h6-9,12,14H,1-5,10H2. The smallest absolute Gasteiger partial charge is 0.234 e. The van der Waals surface area contributed by atoms with Crippen molar-refractivity contribution < 1.29 is 4.79 Å². The van der Waals surface area contributed by atoms with Crippen molar-refractivity contribution in [3.05, 3.63) is 30.1 Å². The molecule has 0 radical (unpaired) electrons. The average molecular weight is 262 g/mol. The van der Waals surface area contributed by atoms with Crippen LogP contribution in [0, 0.1) is 0 Å². The first kappa shape index (κ1) is 12.0. The van der Waals surface area contributed by atoms with Gasteiger partial charge in [-0.05, 0) is 30.5 Å². The van der Waals surface area contributed by atoms with Crippen molar-refractivity contribution in [2.75, 3.05) is 5.75 Å². The molecule has 0 aromatic carbocycles. The number of carbonyl (C=O) groups excluding carboxylic acids is 1. The van der Waals surface area contributed by atoms with Gasteiger partial charge in [0.1, 0.15) is 5.37 Å². The van der Waals surface area contributed by atoms with Crippen LogP contribution >= 0.6 is 11.8 Å². The molecule has 1 unspecified atom stereocenters. The lowest BCUT2D eigenvalue weighted by Gasteiger charge is -2.35. The lowest BCUT2D eigenvalue weighted by Crippen LogP contribution is -2.39. The van der Waals surface area contributed by atoms with Gasteiger partial charge in [-0.1, -0.05) is 19.3 Å². The van der Waals surface area contributed by atoms with Crippen LogP contribution in [0.15, 0.2) is 24.5 Å². The molecule has 2 heterocycles. The van der Waals surface area contributed by atoms with Gasteiger partial charge in [-0.15, -0.1) is 11.8 Å². The van der Waals surface area contributed by atoms with Crippen LogP contribution in [0.1, 0.15) is 43.0 Å². The molecular weight excluding hydrogens is 244 g/mol. The molecule has 1 aliphatic heterocycles. The zero-order valence-electron chi connectivity index (χ0n) is 10.4. The van der Waals surface area contributed by atoms with Gasteiger partial charge in [-0.3, -0.25) is 9.78 Å². The zero-order valence-corrected chi connectivity index (χ0v) is 11.2. The molecule has 18 heavy (non-hydrogen) atoms. The molecule has 1 aromatic rings. The summed E-state index contributed by atoms with van der Waals surface area (Å²) >= 11 is 1.75. The second kappa shape index (κ2) is 5.31. The number of carbonyl (C=O) groups is 1. The van der Waals surface area contributed by atoms with Crippen molar-refractivity contribution in [3.63, 3.8) is 0 Å². The summed E-state index contributed by atoms with van der Waals surface area (Å²) in [5, 5.41) is 0.212. The maximum absolute atomic E-state index is 12.1. The molecule has 2 fully saturated rings. The third-order valence-electron chi connectivity index (χ3n) is 3.86. The van der Waals surface area contributed by atoms with E-state index < -0.39 is 0 Å². The largest absolute Gasteiger partial charge is 0.323 e. The van der Waals surface area contributed by atoms with Crippen LogP contribution in [0.25, 0.3) is 0 Å². The Labute approximate surface area is 112 Å². The molecule has 0 N–H and O–H groups in total. The quantitative estimate of drug-likeness (QED) is 0.821. The van der Waals surface area contributed by atoms with Crippen LogP contribution in [0.3, 0.4) is 0 Å². The van der Waals surface area contributed by atoms with Crippen LogP contribution in [0.4, 0.5) is 0 Å². The summed E-state index contributed by atoms with van der Waals surface area (Å²) in [5.41, 5.74) is 1.21. The highest BCUT2D eigenvalue weighted by atomic mass is 32.2. The molecule has 2 aliphatic rings. The summed E-state index contributed by atoms with van der Waals surface area (Å²) < 4.78 is 0. The first-order valence-corrected chi connectivity index (χ1v) is 7.74. The summed E-state index contributed by atoms with van der Waals surface area (Å²) in [7, 11) is 0. The Morgan fingerprint density at radius 2 is 1.89 bits per heavy atom. The fourth-order valence-electron chi connectivity index (χ4n) is 2.98. The second-order valence-electron chi connectivity index (χ2n) is 5.04. The topological polar surface area (TPSA) is 33.2 Å². The van der Waals surface area contributed by atoms with Crippen molar-refractivity contribution in [1.29, 1.82) is 0 Å². The number of nitrogens with zero attached hydrogens (tertiary/aromatic N) is 2. The Hall–Kier alpha value is -1.03. The molecule has 4 heteroatoms. The molecule has 1 aliphatic carbocycles. The third kappa shape index (κ3) is 2.26. The van der Waals surface area contributed by atoms with E-state index >= 15 is 0 Å². The molecule has 0 bridgehead atoms. The van der Waals surface area contributed by atoms with Crippen LogP contribution in [0.5, 0.6) is 0 Å². The van der Waals surface area contributed by atoms with Crippen molar-refractivity contribution in [1.82, 2.24) is 9.88 Å². The highest BCUT2D eigenvalue weighted by molar-refractivity contribution is 8.00. The first-order valence-electron chi connectivity index (χ1n) is 6.69. The zero-order chi connectivity index (χ0) is 12.4. The number of thioether (sulfide) groups is 1. The molecule has 1 saturated carbocycles. The molecule has 1 atom stereocenters. The van der Waals surface area contributed by atoms with Gasteiger partial charge in [0.25, 0.3) is 0 Å². The van der Waals surface area contributed by atoms with Crippen LogP contribution < -0.4 is 0 Å². The van der Waals surface area contributed by atoms with E-state index in [0.717, 1.165) is 0 Å². The van der Waals surface area contributed by atoms with Gasteiger partial charge in [0.05, 0.1) is 5.75 Å². The normalized spacial score (nSPS) is 25.7. The molecule has 96 valence electrons. The van der Waals surface area contributed by atoms with Crippen LogP contribution in [-0.2, 0) is 4.79 Å². The average Bonchev–Trinajstić information content (AvgIpc) is 2.83. The summed E-state index contributed by atoms with van der Waals surface area (Å²) in [5.74, 6) is 0.942. The van der Waals surface area contributed by atoms with E-state index in [4.69, 9.17) is 0 Å². The fraction of sp³-hybridized carbons (Fsp3) is 0.571. The highest BCUT2D eigenvalue weighted by Gasteiger charge is 2.37. The van der Waals surface area contributed by atoms with Gasteiger partial charge in [0.2, 0.25) is 5.91 Å². The van der Waals surface area contributed by atoms with E-state index in [1.807, 2.05) is 24.5 Å². The van der Waals surface area contributed by atoms with E-state index in [9.17, 15) is 4.79 Å².